The third-order valence-corrected chi connectivity index (χ3v) is 4.50. The standard InChI is InChI=1S/C16H22N2O2/c1-11(19)17-13-6-4-8-18(10-13)15-9-12-5-2-3-7-14(12)16(15)20/h2-3,5,7,13,15-16,20H,4,6,8-10H2,1H3,(H,17,19). The molecular weight excluding hydrogens is 252 g/mol. The fourth-order valence-electron chi connectivity index (χ4n) is 3.59. The molecule has 3 unspecified atom stereocenters. The summed E-state index contributed by atoms with van der Waals surface area (Å²) >= 11 is 0. The molecule has 1 heterocycles. The Morgan fingerprint density at radius 1 is 1.40 bits per heavy atom. The summed E-state index contributed by atoms with van der Waals surface area (Å²) in [5.41, 5.74) is 2.32. The summed E-state index contributed by atoms with van der Waals surface area (Å²) in [4.78, 5) is 13.5. The number of nitrogens with one attached hydrogen (secondary N) is 1. The number of rotatable bonds is 2. The first-order chi connectivity index (χ1) is 9.65. The van der Waals surface area contributed by atoms with E-state index in [1.54, 1.807) is 6.92 Å². The van der Waals surface area contributed by atoms with Crippen LogP contribution >= 0.6 is 0 Å². The van der Waals surface area contributed by atoms with Crippen molar-refractivity contribution in [1.29, 1.82) is 0 Å². The van der Waals surface area contributed by atoms with Gasteiger partial charge in [0.05, 0.1) is 6.10 Å². The fraction of sp³-hybridized carbons (Fsp3) is 0.562. The zero-order valence-corrected chi connectivity index (χ0v) is 11.9. The lowest BCUT2D eigenvalue weighted by atomic mass is 10.0. The number of likely N-dealkylation sites (tertiary alicyclic amines) is 1. The number of hydrogen-bond donors (Lipinski definition) is 2. The van der Waals surface area contributed by atoms with Gasteiger partial charge in [-0.2, -0.15) is 0 Å². The lowest BCUT2D eigenvalue weighted by Crippen LogP contribution is -2.51. The summed E-state index contributed by atoms with van der Waals surface area (Å²) in [5.74, 6) is 0.0344. The number of carbonyl (C=O) groups excluding carboxylic acids is 1. The molecule has 2 N–H and O–H groups in total. The highest BCUT2D eigenvalue weighted by Crippen LogP contribution is 2.35. The van der Waals surface area contributed by atoms with Crippen molar-refractivity contribution in [2.24, 2.45) is 0 Å². The van der Waals surface area contributed by atoms with Gasteiger partial charge in [0, 0.05) is 25.6 Å². The molecule has 0 radical (unpaired) electrons. The Morgan fingerprint density at radius 3 is 2.95 bits per heavy atom. The predicted octanol–water partition coefficient (Wildman–Crippen LogP) is 1.25. The average molecular weight is 274 g/mol. The number of piperidine rings is 1. The number of aliphatic hydroxyl groups excluding tert-OH is 1. The Bertz CT molecular complexity index is 503. The highest BCUT2D eigenvalue weighted by Gasteiger charge is 2.36. The third kappa shape index (κ3) is 2.58. The highest BCUT2D eigenvalue weighted by atomic mass is 16.3. The van der Waals surface area contributed by atoms with Crippen molar-refractivity contribution in [3.63, 3.8) is 0 Å². The molecule has 1 saturated heterocycles. The van der Waals surface area contributed by atoms with Crippen LogP contribution in [0.5, 0.6) is 0 Å². The zero-order chi connectivity index (χ0) is 14.1. The van der Waals surface area contributed by atoms with Crippen molar-refractivity contribution in [3.8, 4) is 0 Å². The molecule has 4 heteroatoms. The molecular formula is C16H22N2O2. The molecule has 20 heavy (non-hydrogen) atoms. The summed E-state index contributed by atoms with van der Waals surface area (Å²) in [6, 6.07) is 8.52. The van der Waals surface area contributed by atoms with Crippen molar-refractivity contribution in [1.82, 2.24) is 10.2 Å². The van der Waals surface area contributed by atoms with Crippen molar-refractivity contribution in [2.75, 3.05) is 13.1 Å². The largest absolute Gasteiger partial charge is 0.387 e. The second-order valence-electron chi connectivity index (χ2n) is 5.95. The van der Waals surface area contributed by atoms with Gasteiger partial charge in [-0.05, 0) is 36.9 Å². The van der Waals surface area contributed by atoms with Gasteiger partial charge in [0.1, 0.15) is 0 Å². The number of hydrogen-bond acceptors (Lipinski definition) is 3. The second kappa shape index (κ2) is 5.54. The molecule has 1 amide bonds. The number of nitrogens with zero attached hydrogens (tertiary/aromatic N) is 1. The molecule has 108 valence electrons. The van der Waals surface area contributed by atoms with Gasteiger partial charge < -0.3 is 10.4 Å². The zero-order valence-electron chi connectivity index (χ0n) is 11.9. The molecule has 3 rings (SSSR count). The van der Waals surface area contributed by atoms with E-state index in [1.807, 2.05) is 18.2 Å². The number of aliphatic hydroxyl groups is 1. The molecule has 1 aromatic rings. The van der Waals surface area contributed by atoms with E-state index in [0.717, 1.165) is 37.9 Å². The Kier molecular flexibility index (Phi) is 3.76. The number of fused-ring (bicyclic) bond motifs is 1. The molecule has 1 fully saturated rings. The van der Waals surface area contributed by atoms with Crippen molar-refractivity contribution in [2.45, 2.75) is 44.4 Å². The summed E-state index contributed by atoms with van der Waals surface area (Å²) in [6.45, 7) is 3.42. The van der Waals surface area contributed by atoms with E-state index in [9.17, 15) is 9.90 Å². The van der Waals surface area contributed by atoms with Crippen molar-refractivity contribution >= 4 is 5.91 Å². The molecule has 0 aromatic heterocycles. The SMILES string of the molecule is CC(=O)NC1CCCN(C2Cc3ccccc3C2O)C1. The summed E-state index contributed by atoms with van der Waals surface area (Å²) < 4.78 is 0. The lowest BCUT2D eigenvalue weighted by molar-refractivity contribution is -0.120. The van der Waals surface area contributed by atoms with E-state index in [1.165, 1.54) is 5.56 Å². The summed E-state index contributed by atoms with van der Waals surface area (Å²) in [5, 5.41) is 13.5. The number of benzene rings is 1. The fourth-order valence-corrected chi connectivity index (χ4v) is 3.59. The van der Waals surface area contributed by atoms with E-state index in [4.69, 9.17) is 0 Å². The lowest BCUT2D eigenvalue weighted by Gasteiger charge is -2.38. The quantitative estimate of drug-likeness (QED) is 0.853. The molecule has 1 aliphatic carbocycles. The van der Waals surface area contributed by atoms with Crippen LogP contribution in [-0.4, -0.2) is 41.1 Å². The summed E-state index contributed by atoms with van der Waals surface area (Å²) in [6.07, 6.45) is 2.61. The first kappa shape index (κ1) is 13.6. The first-order valence-electron chi connectivity index (χ1n) is 7.42. The van der Waals surface area contributed by atoms with Crippen LogP contribution in [0.2, 0.25) is 0 Å². The maximum absolute atomic E-state index is 11.2. The van der Waals surface area contributed by atoms with Gasteiger partial charge >= 0.3 is 0 Å². The van der Waals surface area contributed by atoms with Crippen LogP contribution in [0.4, 0.5) is 0 Å². The third-order valence-electron chi connectivity index (χ3n) is 4.50. The Labute approximate surface area is 119 Å². The van der Waals surface area contributed by atoms with E-state index < -0.39 is 6.10 Å². The van der Waals surface area contributed by atoms with Gasteiger partial charge in [-0.25, -0.2) is 0 Å². The van der Waals surface area contributed by atoms with Crippen LogP contribution in [0, 0.1) is 0 Å². The maximum Gasteiger partial charge on any atom is 0.217 e. The molecule has 1 aliphatic heterocycles. The summed E-state index contributed by atoms with van der Waals surface area (Å²) in [7, 11) is 0. The van der Waals surface area contributed by atoms with Gasteiger partial charge in [-0.3, -0.25) is 9.69 Å². The first-order valence-corrected chi connectivity index (χ1v) is 7.42. The normalized spacial score (nSPS) is 30.0. The molecule has 0 spiro atoms. The molecule has 0 bridgehead atoms. The van der Waals surface area contributed by atoms with Crippen LogP contribution in [-0.2, 0) is 11.2 Å². The topological polar surface area (TPSA) is 52.6 Å². The van der Waals surface area contributed by atoms with E-state index in [0.29, 0.717) is 0 Å². The van der Waals surface area contributed by atoms with Crippen LogP contribution in [0.15, 0.2) is 24.3 Å². The van der Waals surface area contributed by atoms with Gasteiger partial charge in [-0.1, -0.05) is 24.3 Å². The Hall–Kier alpha value is -1.39. The van der Waals surface area contributed by atoms with Crippen LogP contribution < -0.4 is 5.32 Å². The van der Waals surface area contributed by atoms with Crippen molar-refractivity contribution in [3.05, 3.63) is 35.4 Å². The average Bonchev–Trinajstić information content (AvgIpc) is 2.76. The van der Waals surface area contributed by atoms with Crippen LogP contribution in [0.25, 0.3) is 0 Å². The predicted molar refractivity (Wildman–Crippen MR) is 77.3 cm³/mol. The highest BCUT2D eigenvalue weighted by molar-refractivity contribution is 5.73. The smallest absolute Gasteiger partial charge is 0.217 e. The number of amides is 1. The molecule has 1 aromatic carbocycles. The minimum atomic E-state index is -0.401. The number of carbonyl (C=O) groups is 1. The molecule has 2 aliphatic rings. The Balaban J connectivity index is 1.70. The van der Waals surface area contributed by atoms with Gasteiger partial charge in [0.2, 0.25) is 5.91 Å². The van der Waals surface area contributed by atoms with Crippen LogP contribution in [0.1, 0.15) is 37.0 Å². The molecule has 4 nitrogen and oxygen atoms in total. The van der Waals surface area contributed by atoms with Gasteiger partial charge in [-0.15, -0.1) is 0 Å². The van der Waals surface area contributed by atoms with E-state index in [2.05, 4.69) is 16.3 Å². The maximum atomic E-state index is 11.2. The van der Waals surface area contributed by atoms with Gasteiger partial charge in [0.25, 0.3) is 0 Å². The van der Waals surface area contributed by atoms with E-state index in [-0.39, 0.29) is 18.0 Å². The van der Waals surface area contributed by atoms with Crippen molar-refractivity contribution < 1.29 is 9.90 Å². The molecule has 0 saturated carbocycles. The van der Waals surface area contributed by atoms with E-state index >= 15 is 0 Å². The second-order valence-corrected chi connectivity index (χ2v) is 5.95. The minimum Gasteiger partial charge on any atom is -0.387 e. The van der Waals surface area contributed by atoms with Crippen LogP contribution in [0.3, 0.4) is 0 Å². The van der Waals surface area contributed by atoms with Gasteiger partial charge in [0.15, 0.2) is 0 Å². The monoisotopic (exact) mass is 274 g/mol. The Morgan fingerprint density at radius 2 is 2.20 bits per heavy atom. The minimum absolute atomic E-state index is 0.0344. The molecule has 3 atom stereocenters.